The van der Waals surface area contributed by atoms with Crippen molar-refractivity contribution < 1.29 is 37.6 Å². The van der Waals surface area contributed by atoms with Crippen molar-refractivity contribution in [3.63, 3.8) is 0 Å². The number of esters is 2. The van der Waals surface area contributed by atoms with Gasteiger partial charge in [0.05, 0.1) is 13.2 Å². The van der Waals surface area contributed by atoms with Gasteiger partial charge in [0.2, 0.25) is 0 Å². The summed E-state index contributed by atoms with van der Waals surface area (Å²) in [6.45, 7) is 7.20. The molecular formula is C14H26NO8P. The normalized spacial score (nSPS) is 14.7. The Morgan fingerprint density at radius 2 is 1.96 bits per heavy atom. The maximum absolute atomic E-state index is 11.8. The molecule has 0 heterocycles. The fraction of sp³-hybridized carbons (Fsp3) is 0.714. The van der Waals surface area contributed by atoms with Crippen LogP contribution in [-0.2, 0) is 32.7 Å². The molecule has 0 spiro atoms. The maximum Gasteiger partial charge on any atom is 0.472 e. The van der Waals surface area contributed by atoms with Gasteiger partial charge in [-0.15, -0.1) is 0 Å². The van der Waals surface area contributed by atoms with Gasteiger partial charge in [0.25, 0.3) is 0 Å². The van der Waals surface area contributed by atoms with E-state index >= 15 is 0 Å². The van der Waals surface area contributed by atoms with Gasteiger partial charge >= 0.3 is 19.8 Å². The molecule has 0 aromatic heterocycles. The molecule has 9 nitrogen and oxygen atoms in total. The number of hydrogen-bond donors (Lipinski definition) is 1. The molecule has 0 aliphatic rings. The Balaban J connectivity index is 4.43. The molecule has 0 rings (SSSR count). The van der Waals surface area contributed by atoms with Crippen LogP contribution in [-0.4, -0.2) is 67.8 Å². The molecule has 0 saturated heterocycles. The highest BCUT2D eigenvalue weighted by Crippen LogP contribution is 2.43. The van der Waals surface area contributed by atoms with Crippen LogP contribution in [0.4, 0.5) is 0 Å². The predicted octanol–water partition coefficient (Wildman–Crippen LogP) is 1.12. The number of ether oxygens (including phenoxy) is 2. The molecule has 0 aliphatic carbocycles. The first-order valence-electron chi connectivity index (χ1n) is 7.53. The molecule has 0 aromatic carbocycles. The van der Waals surface area contributed by atoms with Gasteiger partial charge in [-0.1, -0.05) is 20.4 Å². The number of carbonyl (C=O) groups is 2. The minimum atomic E-state index is -4.30. The molecule has 10 heteroatoms. The van der Waals surface area contributed by atoms with E-state index in [1.165, 1.54) is 0 Å². The smallest absolute Gasteiger partial charge is 0.458 e. The average Bonchev–Trinajstić information content (AvgIpc) is 2.56. The second-order valence-electron chi connectivity index (χ2n) is 4.79. The molecule has 0 saturated carbocycles. The Labute approximate surface area is 142 Å². The molecule has 1 N–H and O–H groups in total. The predicted molar refractivity (Wildman–Crippen MR) is 86.2 cm³/mol. The van der Waals surface area contributed by atoms with Gasteiger partial charge in [-0.3, -0.25) is 13.8 Å². The van der Waals surface area contributed by atoms with E-state index in [4.69, 9.17) is 18.5 Å². The highest BCUT2D eigenvalue weighted by molar-refractivity contribution is 7.47. The van der Waals surface area contributed by atoms with Crippen molar-refractivity contribution in [2.45, 2.75) is 26.4 Å². The largest absolute Gasteiger partial charge is 0.472 e. The van der Waals surface area contributed by atoms with E-state index in [0.29, 0.717) is 6.54 Å². The molecule has 0 aliphatic heterocycles. The molecule has 0 radical (unpaired) electrons. The first kappa shape index (κ1) is 22.8. The van der Waals surface area contributed by atoms with E-state index in [0.717, 1.165) is 12.6 Å². The quantitative estimate of drug-likeness (QED) is 0.291. The summed E-state index contributed by atoms with van der Waals surface area (Å²) in [5, 5.41) is 0. The van der Waals surface area contributed by atoms with Crippen molar-refractivity contribution in [2.24, 2.45) is 0 Å². The van der Waals surface area contributed by atoms with Crippen molar-refractivity contribution in [3.8, 4) is 0 Å². The number of carbonyl (C=O) groups excluding carboxylic acids is 2. The molecule has 0 fully saturated rings. The Hall–Kier alpha value is -1.25. The lowest BCUT2D eigenvalue weighted by Crippen LogP contribution is -2.29. The lowest BCUT2D eigenvalue weighted by atomic mass is 10.4. The highest BCUT2D eigenvalue weighted by Gasteiger charge is 2.25. The van der Waals surface area contributed by atoms with Crippen LogP contribution >= 0.6 is 7.82 Å². The van der Waals surface area contributed by atoms with E-state index in [9.17, 15) is 19.0 Å². The second kappa shape index (κ2) is 12.2. The van der Waals surface area contributed by atoms with Gasteiger partial charge in [0.1, 0.15) is 6.61 Å². The van der Waals surface area contributed by atoms with Crippen LogP contribution in [0.2, 0.25) is 0 Å². The SMILES string of the molecule is C=CC(=O)OCC(COP(=O)(O)OCCN(C)CC)OC(=O)CC. The molecule has 0 bridgehead atoms. The first-order valence-corrected chi connectivity index (χ1v) is 9.02. The standard InChI is InChI=1S/C14H26NO8P/c1-5-13(16)20-10-12(23-14(17)6-2)11-22-24(18,19)21-9-8-15(4)7-3/h5,12H,1,6-11H2,2-4H3,(H,18,19). The first-order chi connectivity index (χ1) is 11.2. The summed E-state index contributed by atoms with van der Waals surface area (Å²) >= 11 is 0. The van der Waals surface area contributed by atoms with Crippen LogP contribution in [0.25, 0.3) is 0 Å². The molecule has 140 valence electrons. The number of likely N-dealkylation sites (N-methyl/N-ethyl adjacent to an activating group) is 1. The Bertz CT molecular complexity index is 456. The summed E-state index contributed by atoms with van der Waals surface area (Å²) in [5.41, 5.74) is 0. The van der Waals surface area contributed by atoms with E-state index in [-0.39, 0.29) is 19.6 Å². The van der Waals surface area contributed by atoms with E-state index in [2.05, 4.69) is 6.58 Å². The fourth-order valence-electron chi connectivity index (χ4n) is 1.30. The summed E-state index contributed by atoms with van der Waals surface area (Å²) in [4.78, 5) is 33.9. The molecule has 2 atom stereocenters. The van der Waals surface area contributed by atoms with Crippen LogP contribution in [0.5, 0.6) is 0 Å². The van der Waals surface area contributed by atoms with Crippen molar-refractivity contribution in [1.82, 2.24) is 4.90 Å². The third-order valence-electron chi connectivity index (χ3n) is 2.86. The molecular weight excluding hydrogens is 341 g/mol. The van der Waals surface area contributed by atoms with Crippen LogP contribution in [0.15, 0.2) is 12.7 Å². The monoisotopic (exact) mass is 367 g/mol. The summed E-state index contributed by atoms with van der Waals surface area (Å²) < 4.78 is 31.1. The summed E-state index contributed by atoms with van der Waals surface area (Å²) in [7, 11) is -2.46. The van der Waals surface area contributed by atoms with Crippen LogP contribution < -0.4 is 0 Å². The summed E-state index contributed by atoms with van der Waals surface area (Å²) in [5.74, 6) is -1.27. The lowest BCUT2D eigenvalue weighted by molar-refractivity contribution is -0.158. The van der Waals surface area contributed by atoms with Crippen LogP contribution in [0, 0.1) is 0 Å². The van der Waals surface area contributed by atoms with Gasteiger partial charge in [-0.2, -0.15) is 0 Å². The zero-order valence-electron chi connectivity index (χ0n) is 14.3. The highest BCUT2D eigenvalue weighted by atomic mass is 31.2. The minimum absolute atomic E-state index is 0.00296. The summed E-state index contributed by atoms with van der Waals surface area (Å²) in [6, 6.07) is 0. The van der Waals surface area contributed by atoms with Crippen molar-refractivity contribution in [2.75, 3.05) is 40.0 Å². The molecule has 0 aromatic rings. The van der Waals surface area contributed by atoms with Gasteiger partial charge in [-0.25, -0.2) is 9.36 Å². The Kier molecular flexibility index (Phi) is 11.5. The van der Waals surface area contributed by atoms with Gasteiger partial charge in [0.15, 0.2) is 6.10 Å². The zero-order valence-corrected chi connectivity index (χ0v) is 15.2. The Morgan fingerprint density at radius 3 is 2.50 bits per heavy atom. The number of phosphoric ester groups is 1. The third-order valence-corrected chi connectivity index (χ3v) is 3.84. The maximum atomic E-state index is 11.8. The topological polar surface area (TPSA) is 112 Å². The van der Waals surface area contributed by atoms with E-state index in [1.807, 2.05) is 18.9 Å². The van der Waals surface area contributed by atoms with Gasteiger partial charge < -0.3 is 19.3 Å². The second-order valence-corrected chi connectivity index (χ2v) is 6.25. The van der Waals surface area contributed by atoms with Crippen molar-refractivity contribution in [3.05, 3.63) is 12.7 Å². The Morgan fingerprint density at radius 1 is 1.29 bits per heavy atom. The van der Waals surface area contributed by atoms with Crippen molar-refractivity contribution in [1.29, 1.82) is 0 Å². The third kappa shape index (κ3) is 11.3. The average molecular weight is 367 g/mol. The number of rotatable bonds is 13. The van der Waals surface area contributed by atoms with E-state index in [1.54, 1.807) is 6.92 Å². The minimum Gasteiger partial charge on any atom is -0.458 e. The number of nitrogens with zero attached hydrogens (tertiary/aromatic N) is 1. The van der Waals surface area contributed by atoms with Crippen LogP contribution in [0.1, 0.15) is 20.3 Å². The molecule has 24 heavy (non-hydrogen) atoms. The molecule has 2 unspecified atom stereocenters. The summed E-state index contributed by atoms with van der Waals surface area (Å²) in [6.07, 6.45) is 0.0237. The van der Waals surface area contributed by atoms with Gasteiger partial charge in [-0.05, 0) is 13.6 Å². The van der Waals surface area contributed by atoms with Gasteiger partial charge in [0, 0.05) is 19.0 Å². The van der Waals surface area contributed by atoms with Crippen molar-refractivity contribution >= 4 is 19.8 Å². The number of hydrogen-bond acceptors (Lipinski definition) is 8. The zero-order chi connectivity index (χ0) is 18.6. The van der Waals surface area contributed by atoms with E-state index < -0.39 is 32.5 Å². The van der Waals surface area contributed by atoms with Crippen LogP contribution in [0.3, 0.4) is 0 Å². The molecule has 0 amide bonds. The number of phosphoric acid groups is 1. The lowest BCUT2D eigenvalue weighted by Gasteiger charge is -2.20. The fourth-order valence-corrected chi connectivity index (χ4v) is 2.05.